The molecule has 1 aliphatic heterocycles. The first-order valence-corrected chi connectivity index (χ1v) is 16.3. The van der Waals surface area contributed by atoms with Crippen LogP contribution in [0.2, 0.25) is 5.02 Å². The summed E-state index contributed by atoms with van der Waals surface area (Å²) in [5.74, 6) is 1.28. The molecule has 216 valence electrons. The van der Waals surface area contributed by atoms with E-state index in [9.17, 15) is 9.59 Å². The number of thioether (sulfide) groups is 1. The topological polar surface area (TPSA) is 70.6 Å². The molecule has 7 heteroatoms. The molecule has 2 amide bonds. The number of hydrogen-bond acceptors (Lipinski definition) is 4. The van der Waals surface area contributed by atoms with Gasteiger partial charge in [0.1, 0.15) is 0 Å². The molecule has 1 saturated carbocycles. The van der Waals surface area contributed by atoms with Crippen molar-refractivity contribution in [1.82, 2.24) is 5.32 Å². The van der Waals surface area contributed by atoms with Crippen molar-refractivity contribution in [3.8, 4) is 0 Å². The summed E-state index contributed by atoms with van der Waals surface area (Å²) < 4.78 is 0. The van der Waals surface area contributed by atoms with Crippen molar-refractivity contribution >= 4 is 46.0 Å². The SMILES string of the molecule is CC1(C2CSC(NC(=O)C3(C)CC4c5ccccc5C5c6ccccc6C453)=N2)C=C(C(=O)Nc2ccc(Cl)cc2)C=CC1. The Hall–Kier alpha value is -3.61. The molecule has 3 aromatic carbocycles. The molecule has 1 fully saturated rings. The van der Waals surface area contributed by atoms with Gasteiger partial charge in [0, 0.05) is 38.8 Å². The fraction of sp³-hybridized carbons (Fsp3) is 0.306. The van der Waals surface area contributed by atoms with Gasteiger partial charge in [-0.2, -0.15) is 0 Å². The van der Waals surface area contributed by atoms with Crippen LogP contribution in [0.3, 0.4) is 0 Å². The highest BCUT2D eigenvalue weighted by Gasteiger charge is 2.78. The Morgan fingerprint density at radius 3 is 2.44 bits per heavy atom. The maximum absolute atomic E-state index is 14.2. The zero-order valence-corrected chi connectivity index (χ0v) is 25.6. The number of nitrogens with one attached hydrogen (secondary N) is 2. The van der Waals surface area contributed by atoms with Gasteiger partial charge in [0.05, 0.1) is 11.5 Å². The van der Waals surface area contributed by atoms with E-state index in [-0.39, 0.29) is 34.6 Å². The lowest BCUT2D eigenvalue weighted by atomic mass is 9.34. The van der Waals surface area contributed by atoms with E-state index in [1.165, 1.54) is 22.3 Å². The number of hydrogen-bond donors (Lipinski definition) is 2. The number of aliphatic imine (C=N–C) groups is 1. The summed E-state index contributed by atoms with van der Waals surface area (Å²) in [6, 6.07) is 24.5. The van der Waals surface area contributed by atoms with Crippen LogP contribution < -0.4 is 10.6 Å². The number of carbonyl (C=O) groups is 2. The lowest BCUT2D eigenvalue weighted by molar-refractivity contribution is -0.147. The summed E-state index contributed by atoms with van der Waals surface area (Å²) in [5.41, 5.74) is 5.74. The van der Waals surface area contributed by atoms with E-state index in [2.05, 4.69) is 73.0 Å². The molecular weight excluding hydrogens is 574 g/mol. The van der Waals surface area contributed by atoms with Crippen LogP contribution in [0.4, 0.5) is 5.69 Å². The highest BCUT2D eigenvalue weighted by molar-refractivity contribution is 8.14. The average Bonchev–Trinajstić information content (AvgIpc) is 3.54. The first-order chi connectivity index (χ1) is 20.7. The Morgan fingerprint density at radius 2 is 1.65 bits per heavy atom. The van der Waals surface area contributed by atoms with Crippen LogP contribution in [0.5, 0.6) is 0 Å². The molecule has 0 saturated heterocycles. The quantitative estimate of drug-likeness (QED) is 0.327. The van der Waals surface area contributed by atoms with Gasteiger partial charge in [-0.15, -0.1) is 0 Å². The number of carbonyl (C=O) groups excluding carboxylic acids is 2. The minimum Gasteiger partial charge on any atom is -0.322 e. The number of amidine groups is 1. The van der Waals surface area contributed by atoms with Gasteiger partial charge < -0.3 is 10.6 Å². The van der Waals surface area contributed by atoms with E-state index in [0.717, 1.165) is 18.6 Å². The molecule has 4 aliphatic carbocycles. The number of allylic oxidation sites excluding steroid dienone is 1. The summed E-state index contributed by atoms with van der Waals surface area (Å²) >= 11 is 7.59. The van der Waals surface area contributed by atoms with Crippen molar-refractivity contribution in [3.05, 3.63) is 124 Å². The van der Waals surface area contributed by atoms with Gasteiger partial charge in [-0.1, -0.05) is 97.0 Å². The maximum atomic E-state index is 14.2. The summed E-state index contributed by atoms with van der Waals surface area (Å²) in [6.07, 6.45) is 7.58. The molecule has 5 aliphatic rings. The maximum Gasteiger partial charge on any atom is 0.255 e. The van der Waals surface area contributed by atoms with Gasteiger partial charge in [0.2, 0.25) is 5.91 Å². The van der Waals surface area contributed by atoms with Crippen molar-refractivity contribution in [2.75, 3.05) is 11.1 Å². The molecular formula is C36H32ClN3O2S. The third-order valence-electron chi connectivity index (χ3n) is 10.8. The van der Waals surface area contributed by atoms with Crippen LogP contribution in [-0.4, -0.2) is 28.8 Å². The first kappa shape index (κ1) is 27.0. The zero-order chi connectivity index (χ0) is 29.6. The lowest BCUT2D eigenvalue weighted by Gasteiger charge is -2.67. The van der Waals surface area contributed by atoms with Crippen molar-refractivity contribution in [3.63, 3.8) is 0 Å². The fourth-order valence-electron chi connectivity index (χ4n) is 8.61. The van der Waals surface area contributed by atoms with Crippen LogP contribution in [0.15, 0.2) is 102 Å². The van der Waals surface area contributed by atoms with E-state index in [4.69, 9.17) is 16.6 Å². The molecule has 0 radical (unpaired) electrons. The predicted octanol–water partition coefficient (Wildman–Crippen LogP) is 7.35. The fourth-order valence-corrected chi connectivity index (χ4v) is 9.88. The van der Waals surface area contributed by atoms with Crippen molar-refractivity contribution in [1.29, 1.82) is 0 Å². The number of nitrogens with zero attached hydrogens (tertiary/aromatic N) is 1. The Kier molecular flexibility index (Phi) is 5.92. The Labute approximate surface area is 260 Å². The molecule has 1 spiro atoms. The second-order valence-corrected chi connectivity index (χ2v) is 14.4. The van der Waals surface area contributed by atoms with Crippen molar-refractivity contribution in [2.24, 2.45) is 15.8 Å². The van der Waals surface area contributed by atoms with E-state index in [0.29, 0.717) is 27.4 Å². The molecule has 43 heavy (non-hydrogen) atoms. The number of rotatable bonds is 4. The van der Waals surface area contributed by atoms with Crippen molar-refractivity contribution < 1.29 is 9.59 Å². The molecule has 6 atom stereocenters. The van der Waals surface area contributed by atoms with Crippen LogP contribution in [0, 0.1) is 10.8 Å². The smallest absolute Gasteiger partial charge is 0.255 e. The second kappa shape index (κ2) is 9.44. The third-order valence-corrected chi connectivity index (χ3v) is 12.0. The second-order valence-electron chi connectivity index (χ2n) is 13.0. The molecule has 8 rings (SSSR count). The molecule has 5 nitrogen and oxygen atoms in total. The van der Waals surface area contributed by atoms with Gasteiger partial charge >= 0.3 is 0 Å². The van der Waals surface area contributed by atoms with Gasteiger partial charge in [0.15, 0.2) is 5.17 Å². The normalized spacial score (nSPS) is 32.6. The number of benzene rings is 3. The largest absolute Gasteiger partial charge is 0.322 e. The monoisotopic (exact) mass is 605 g/mol. The summed E-state index contributed by atoms with van der Waals surface area (Å²) in [7, 11) is 0. The third kappa shape index (κ3) is 3.69. The van der Waals surface area contributed by atoms with Crippen LogP contribution in [0.25, 0.3) is 0 Å². The summed E-state index contributed by atoms with van der Waals surface area (Å²) in [4.78, 5) is 32.3. The predicted molar refractivity (Wildman–Crippen MR) is 174 cm³/mol. The minimum atomic E-state index is -0.527. The van der Waals surface area contributed by atoms with Crippen LogP contribution >= 0.6 is 23.4 Å². The molecule has 3 aromatic rings. The minimum absolute atomic E-state index is 0.0518. The molecule has 0 aromatic heterocycles. The van der Waals surface area contributed by atoms with E-state index in [1.807, 2.05) is 18.2 Å². The average molecular weight is 606 g/mol. The highest BCUT2D eigenvalue weighted by Crippen LogP contribution is 2.81. The van der Waals surface area contributed by atoms with E-state index in [1.54, 1.807) is 36.0 Å². The number of halogens is 1. The Morgan fingerprint density at radius 1 is 0.930 bits per heavy atom. The van der Waals surface area contributed by atoms with E-state index >= 15 is 0 Å². The number of fused-ring (bicyclic) bond motifs is 5. The van der Waals surface area contributed by atoms with Crippen LogP contribution in [0.1, 0.15) is 60.8 Å². The first-order valence-electron chi connectivity index (χ1n) is 14.9. The zero-order valence-electron chi connectivity index (χ0n) is 24.1. The lowest BCUT2D eigenvalue weighted by Crippen LogP contribution is -2.69. The van der Waals surface area contributed by atoms with Crippen LogP contribution in [-0.2, 0) is 15.0 Å². The van der Waals surface area contributed by atoms with E-state index < -0.39 is 5.41 Å². The number of amides is 2. The Balaban J connectivity index is 1.02. The molecule has 6 unspecified atom stereocenters. The summed E-state index contributed by atoms with van der Waals surface area (Å²) in [5, 5.41) is 7.55. The van der Waals surface area contributed by atoms with Gasteiger partial charge in [-0.3, -0.25) is 14.6 Å². The van der Waals surface area contributed by atoms with Gasteiger partial charge in [0.25, 0.3) is 5.91 Å². The molecule has 1 heterocycles. The molecule has 0 bridgehead atoms. The van der Waals surface area contributed by atoms with Crippen molar-refractivity contribution in [2.45, 2.75) is 50.0 Å². The van der Waals surface area contributed by atoms with Gasteiger partial charge in [-0.25, -0.2) is 0 Å². The molecule has 2 N–H and O–H groups in total. The summed E-state index contributed by atoms with van der Waals surface area (Å²) in [6.45, 7) is 4.31. The highest BCUT2D eigenvalue weighted by atomic mass is 35.5. The Bertz CT molecular complexity index is 1800. The standard InChI is InChI=1S/C36H32ClN3O2S/c1-34(17-7-8-21(18-34)31(41)38-23-15-13-22(37)14-16-23)29-20-43-33(39-29)40-32(42)35(2)19-28-24-9-3-4-10-25(24)30-26-11-5-6-12-27(26)36(28,30)35/h3-16,18,28-30H,17,19-20H2,1-2H3,(H,38,41)(H,39,40,42). The van der Waals surface area contributed by atoms with Gasteiger partial charge in [-0.05, 0) is 72.2 Å². The number of anilines is 1.